The van der Waals surface area contributed by atoms with Crippen LogP contribution in [0.2, 0.25) is 0 Å². The van der Waals surface area contributed by atoms with Gasteiger partial charge in [0.15, 0.2) is 15.9 Å². The van der Waals surface area contributed by atoms with Crippen molar-refractivity contribution < 1.29 is 32.9 Å². The fourth-order valence-corrected chi connectivity index (χ4v) is 5.68. The lowest BCUT2D eigenvalue weighted by molar-refractivity contribution is -0.146. The highest BCUT2D eigenvalue weighted by molar-refractivity contribution is 9.10. The minimum Gasteiger partial charge on any atom is -0.494 e. The zero-order chi connectivity index (χ0) is 26.5. The first-order chi connectivity index (χ1) is 17.7. The van der Waals surface area contributed by atoms with Crippen LogP contribution >= 0.6 is 15.9 Å². The molecule has 0 spiro atoms. The third-order valence-electron chi connectivity index (χ3n) is 6.03. The van der Waals surface area contributed by atoms with Crippen molar-refractivity contribution in [1.82, 2.24) is 0 Å². The fourth-order valence-electron chi connectivity index (χ4n) is 4.03. The van der Waals surface area contributed by atoms with Crippen molar-refractivity contribution in [3.63, 3.8) is 0 Å². The smallest absolute Gasteiger partial charge is 0.336 e. The second-order valence-electron chi connectivity index (χ2n) is 8.53. The van der Waals surface area contributed by atoms with E-state index in [1.54, 1.807) is 66.7 Å². The Morgan fingerprint density at radius 3 is 2.32 bits per heavy atom. The molecule has 0 bridgehead atoms. The second kappa shape index (κ2) is 11.5. The summed E-state index contributed by atoms with van der Waals surface area (Å²) in [6.07, 6.45) is -0.828. The summed E-state index contributed by atoms with van der Waals surface area (Å²) in [5, 5.41) is 19.3. The average molecular weight is 588 g/mol. The zero-order valence-corrected chi connectivity index (χ0v) is 22.2. The predicted molar refractivity (Wildman–Crippen MR) is 142 cm³/mol. The standard InChI is InChI=1S/C27H26BrNO7S/c28-21-11-7-19(8-12-21)24-27(26(31)32,15-18-37(33,34)23-5-2-1-3-6-23)29-25(36-24)20-9-13-22(14-10-20)35-17-4-16-30/h1-3,5-14,24,30H,4,15-18H2,(H,31,32)/t24-,27-/m1/s1. The lowest BCUT2D eigenvalue weighted by Crippen LogP contribution is -2.42. The Balaban J connectivity index is 1.69. The molecule has 8 nitrogen and oxygen atoms in total. The van der Waals surface area contributed by atoms with E-state index in [0.29, 0.717) is 29.9 Å². The number of aliphatic carboxylic acids is 1. The Kier molecular flexibility index (Phi) is 8.31. The number of sulfone groups is 1. The summed E-state index contributed by atoms with van der Waals surface area (Å²) in [4.78, 5) is 17.4. The number of carboxylic acid groups (broad SMARTS) is 1. The van der Waals surface area contributed by atoms with Gasteiger partial charge in [0.2, 0.25) is 11.4 Å². The molecule has 1 aliphatic rings. The quantitative estimate of drug-likeness (QED) is 0.318. The summed E-state index contributed by atoms with van der Waals surface area (Å²) < 4.78 is 38.5. The number of aliphatic hydroxyl groups is 1. The van der Waals surface area contributed by atoms with Crippen LogP contribution in [0.3, 0.4) is 0 Å². The van der Waals surface area contributed by atoms with E-state index in [4.69, 9.17) is 14.6 Å². The Hall–Kier alpha value is -3.21. The van der Waals surface area contributed by atoms with Crippen LogP contribution < -0.4 is 4.74 Å². The third kappa shape index (κ3) is 6.03. The van der Waals surface area contributed by atoms with E-state index in [9.17, 15) is 18.3 Å². The average Bonchev–Trinajstić information content (AvgIpc) is 3.30. The molecule has 3 aromatic carbocycles. The first-order valence-electron chi connectivity index (χ1n) is 11.6. The Bertz CT molecular complexity index is 1360. The molecule has 194 valence electrons. The Labute approximate surface area is 223 Å². The van der Waals surface area contributed by atoms with Crippen LogP contribution in [0.5, 0.6) is 5.75 Å². The maximum atomic E-state index is 13.0. The minimum atomic E-state index is -3.76. The number of hydrogen-bond donors (Lipinski definition) is 2. The van der Waals surface area contributed by atoms with Crippen molar-refractivity contribution >= 4 is 37.6 Å². The molecule has 2 atom stereocenters. The highest BCUT2D eigenvalue weighted by Gasteiger charge is 2.54. The highest BCUT2D eigenvalue weighted by Crippen LogP contribution is 2.43. The number of aliphatic imine (C=N–C) groups is 1. The van der Waals surface area contributed by atoms with E-state index >= 15 is 0 Å². The Morgan fingerprint density at radius 2 is 1.70 bits per heavy atom. The predicted octanol–water partition coefficient (Wildman–Crippen LogP) is 4.42. The molecule has 0 unspecified atom stereocenters. The molecule has 0 saturated heterocycles. The van der Waals surface area contributed by atoms with Crippen LogP contribution in [0, 0.1) is 0 Å². The molecule has 1 aliphatic heterocycles. The summed E-state index contributed by atoms with van der Waals surface area (Å²) in [5.74, 6) is -1.01. The van der Waals surface area contributed by atoms with Crippen molar-refractivity contribution in [2.24, 2.45) is 4.99 Å². The van der Waals surface area contributed by atoms with E-state index in [1.165, 1.54) is 12.1 Å². The number of hydrogen-bond acceptors (Lipinski definition) is 7. The molecule has 3 aromatic rings. The number of benzene rings is 3. The summed E-state index contributed by atoms with van der Waals surface area (Å²) >= 11 is 3.38. The molecular weight excluding hydrogens is 562 g/mol. The van der Waals surface area contributed by atoms with E-state index in [2.05, 4.69) is 20.9 Å². The molecule has 0 aliphatic carbocycles. The molecule has 10 heteroatoms. The van der Waals surface area contributed by atoms with Gasteiger partial charge < -0.3 is 19.7 Å². The monoisotopic (exact) mass is 587 g/mol. The highest BCUT2D eigenvalue weighted by atomic mass is 79.9. The van der Waals surface area contributed by atoms with E-state index in [0.717, 1.165) is 4.47 Å². The van der Waals surface area contributed by atoms with Gasteiger partial charge >= 0.3 is 5.97 Å². The van der Waals surface area contributed by atoms with Gasteiger partial charge in [-0.15, -0.1) is 0 Å². The topological polar surface area (TPSA) is 122 Å². The van der Waals surface area contributed by atoms with E-state index in [-0.39, 0.29) is 23.8 Å². The van der Waals surface area contributed by atoms with Gasteiger partial charge in [-0.1, -0.05) is 46.3 Å². The number of rotatable bonds is 11. The minimum absolute atomic E-state index is 0.0252. The SMILES string of the molecule is O=C(O)[C@]1(CCS(=O)(=O)c2ccccc2)N=C(c2ccc(OCCCO)cc2)O[C@@H]1c1ccc(Br)cc1. The number of carbonyl (C=O) groups is 1. The summed E-state index contributed by atoms with van der Waals surface area (Å²) in [5.41, 5.74) is -0.766. The fraction of sp³-hybridized carbons (Fsp3) is 0.259. The van der Waals surface area contributed by atoms with Crippen molar-refractivity contribution in [2.45, 2.75) is 29.4 Å². The first kappa shape index (κ1) is 26.8. The molecule has 0 fully saturated rings. The van der Waals surface area contributed by atoms with Crippen molar-refractivity contribution in [3.05, 3.63) is 94.5 Å². The molecule has 0 aromatic heterocycles. The van der Waals surface area contributed by atoms with Crippen LogP contribution in [0.1, 0.15) is 30.1 Å². The molecular formula is C27H26BrNO7S. The van der Waals surface area contributed by atoms with Gasteiger partial charge in [-0.3, -0.25) is 0 Å². The third-order valence-corrected chi connectivity index (χ3v) is 8.29. The van der Waals surface area contributed by atoms with Crippen molar-refractivity contribution in [1.29, 1.82) is 0 Å². The molecule has 0 saturated carbocycles. The Morgan fingerprint density at radius 1 is 1.03 bits per heavy atom. The van der Waals surface area contributed by atoms with Gasteiger partial charge in [-0.05, 0) is 54.1 Å². The molecule has 0 radical (unpaired) electrons. The van der Waals surface area contributed by atoms with E-state index in [1.807, 2.05) is 0 Å². The second-order valence-corrected chi connectivity index (χ2v) is 11.6. The van der Waals surface area contributed by atoms with Gasteiger partial charge in [0, 0.05) is 29.5 Å². The number of ether oxygens (including phenoxy) is 2. The molecule has 37 heavy (non-hydrogen) atoms. The van der Waals surface area contributed by atoms with Crippen LogP contribution in [0.4, 0.5) is 0 Å². The van der Waals surface area contributed by atoms with Gasteiger partial charge in [0.05, 0.1) is 17.3 Å². The molecule has 1 heterocycles. The number of halogens is 1. The van der Waals surface area contributed by atoms with Gasteiger partial charge in [-0.25, -0.2) is 18.2 Å². The first-order valence-corrected chi connectivity index (χ1v) is 14.1. The van der Waals surface area contributed by atoms with Crippen LogP contribution in [0.25, 0.3) is 0 Å². The maximum Gasteiger partial charge on any atom is 0.336 e. The van der Waals surface area contributed by atoms with Crippen LogP contribution in [0.15, 0.2) is 93.2 Å². The lowest BCUT2D eigenvalue weighted by Gasteiger charge is -2.27. The summed E-state index contributed by atoms with van der Waals surface area (Å²) in [6, 6.07) is 21.7. The number of aliphatic hydroxyl groups excluding tert-OH is 1. The number of nitrogens with zero attached hydrogens (tertiary/aromatic N) is 1. The largest absolute Gasteiger partial charge is 0.494 e. The van der Waals surface area contributed by atoms with Crippen LogP contribution in [-0.4, -0.2) is 55.0 Å². The maximum absolute atomic E-state index is 13.0. The zero-order valence-electron chi connectivity index (χ0n) is 19.8. The normalized spacial score (nSPS) is 19.2. The van der Waals surface area contributed by atoms with Gasteiger partial charge in [0.25, 0.3) is 0 Å². The van der Waals surface area contributed by atoms with Gasteiger partial charge in [0.1, 0.15) is 5.75 Å². The molecule has 0 amide bonds. The molecule has 2 N–H and O–H groups in total. The van der Waals surface area contributed by atoms with Crippen molar-refractivity contribution in [3.8, 4) is 5.75 Å². The summed E-state index contributed by atoms with van der Waals surface area (Å²) in [6.45, 7) is 0.383. The summed E-state index contributed by atoms with van der Waals surface area (Å²) in [7, 11) is -3.76. The number of carboxylic acids is 1. The van der Waals surface area contributed by atoms with Gasteiger partial charge in [-0.2, -0.15) is 0 Å². The lowest BCUT2D eigenvalue weighted by atomic mass is 9.86. The van der Waals surface area contributed by atoms with Crippen LogP contribution in [-0.2, 0) is 19.4 Å². The molecule has 4 rings (SSSR count). The van der Waals surface area contributed by atoms with E-state index < -0.39 is 33.2 Å². The van der Waals surface area contributed by atoms with Crippen molar-refractivity contribution in [2.75, 3.05) is 19.0 Å².